The van der Waals surface area contributed by atoms with Crippen LogP contribution in [0.15, 0.2) is 97.1 Å². The fourth-order valence-electron chi connectivity index (χ4n) is 4.21. The number of para-hydroxylation sites is 2. The highest BCUT2D eigenvalue weighted by molar-refractivity contribution is 6.01. The van der Waals surface area contributed by atoms with E-state index in [0.29, 0.717) is 28.0 Å². The van der Waals surface area contributed by atoms with E-state index in [2.05, 4.69) is 10.6 Å². The molecule has 0 aliphatic heterocycles. The van der Waals surface area contributed by atoms with Gasteiger partial charge in [-0.25, -0.2) is 4.79 Å². The number of rotatable bonds is 7. The van der Waals surface area contributed by atoms with Crippen LogP contribution in [0, 0.1) is 12.3 Å². The molecule has 4 rings (SSSR count). The molecule has 0 fully saturated rings. The Hall–Kier alpha value is -4.78. The third-order valence-corrected chi connectivity index (χ3v) is 6.30. The van der Waals surface area contributed by atoms with E-state index in [1.54, 1.807) is 60.7 Å². The van der Waals surface area contributed by atoms with E-state index >= 15 is 0 Å². The minimum Gasteiger partial charge on any atom is -0.507 e. The molecule has 0 saturated carbocycles. The highest BCUT2D eigenvalue weighted by Gasteiger charge is 2.34. The fourth-order valence-corrected chi connectivity index (χ4v) is 4.21. The molecule has 0 spiro atoms. The van der Waals surface area contributed by atoms with Crippen molar-refractivity contribution in [2.24, 2.45) is 5.41 Å². The Morgan fingerprint density at radius 3 is 2.26 bits per heavy atom. The maximum atomic E-state index is 13.0. The molecule has 0 aliphatic carbocycles. The number of benzene rings is 4. The van der Waals surface area contributed by atoms with Crippen LogP contribution in [0.4, 0.5) is 21.9 Å². The number of ether oxygens (including phenoxy) is 1. The van der Waals surface area contributed by atoms with Gasteiger partial charge in [-0.3, -0.25) is 10.1 Å². The van der Waals surface area contributed by atoms with E-state index in [4.69, 9.17) is 10.5 Å². The molecule has 194 valence electrons. The van der Waals surface area contributed by atoms with E-state index in [1.165, 1.54) is 6.08 Å². The summed E-state index contributed by atoms with van der Waals surface area (Å²) in [5.41, 5.74) is 8.44. The van der Waals surface area contributed by atoms with E-state index in [9.17, 15) is 14.7 Å². The van der Waals surface area contributed by atoms with Gasteiger partial charge in [-0.1, -0.05) is 80.1 Å². The molecule has 0 saturated heterocycles. The summed E-state index contributed by atoms with van der Waals surface area (Å²) in [6, 6.07) is 25.0. The minimum absolute atomic E-state index is 0.125. The smallest absolute Gasteiger partial charge is 0.412 e. The lowest BCUT2D eigenvalue weighted by molar-refractivity contribution is -0.112. The lowest BCUT2D eigenvalue weighted by atomic mass is 9.80. The largest absolute Gasteiger partial charge is 0.507 e. The quantitative estimate of drug-likeness (QED) is 0.159. The van der Waals surface area contributed by atoms with Gasteiger partial charge in [-0.05, 0) is 48.7 Å². The molecule has 5 N–H and O–H groups in total. The number of hydrogen-bond donors (Lipinski definition) is 4. The summed E-state index contributed by atoms with van der Waals surface area (Å²) < 4.78 is 6.02. The van der Waals surface area contributed by atoms with Crippen molar-refractivity contribution >= 4 is 39.8 Å². The third kappa shape index (κ3) is 6.13. The van der Waals surface area contributed by atoms with Crippen molar-refractivity contribution in [1.82, 2.24) is 0 Å². The Morgan fingerprint density at radius 2 is 1.55 bits per heavy atom. The lowest BCUT2D eigenvalue weighted by Gasteiger charge is -2.32. The number of nitrogens with one attached hydrogen (secondary N) is 2. The number of phenolic OH excluding ortho intramolecular Hbond substituents is 1. The van der Waals surface area contributed by atoms with Gasteiger partial charge < -0.3 is 20.9 Å². The van der Waals surface area contributed by atoms with E-state index < -0.39 is 17.6 Å². The van der Waals surface area contributed by atoms with Gasteiger partial charge >= 0.3 is 6.09 Å². The van der Waals surface area contributed by atoms with Crippen LogP contribution in [0.5, 0.6) is 5.75 Å². The zero-order valence-corrected chi connectivity index (χ0v) is 21.6. The van der Waals surface area contributed by atoms with E-state index in [0.717, 1.165) is 10.9 Å². The number of aromatic hydroxyl groups is 1. The van der Waals surface area contributed by atoms with Crippen LogP contribution in [-0.2, 0) is 9.53 Å². The first kappa shape index (κ1) is 26.3. The Morgan fingerprint density at radius 1 is 0.895 bits per heavy atom. The van der Waals surface area contributed by atoms with Crippen molar-refractivity contribution in [2.75, 3.05) is 16.4 Å². The summed E-state index contributed by atoms with van der Waals surface area (Å²) >= 11 is 0. The Balaban J connectivity index is 1.66. The molecule has 7 heteroatoms. The second-order valence-corrected chi connectivity index (χ2v) is 9.73. The van der Waals surface area contributed by atoms with Crippen molar-refractivity contribution in [2.45, 2.75) is 26.9 Å². The Labute approximate surface area is 221 Å². The van der Waals surface area contributed by atoms with Crippen LogP contribution in [0.3, 0.4) is 0 Å². The number of amides is 2. The number of phenols is 1. The molecule has 1 atom stereocenters. The summed E-state index contributed by atoms with van der Waals surface area (Å²) in [7, 11) is 0. The predicted octanol–water partition coefficient (Wildman–Crippen LogP) is 6.95. The molecule has 2 amide bonds. The summed E-state index contributed by atoms with van der Waals surface area (Å²) in [5.74, 6) is -0.241. The third-order valence-electron chi connectivity index (χ3n) is 6.30. The lowest BCUT2D eigenvalue weighted by Crippen LogP contribution is -2.28. The Bertz CT molecular complexity index is 1490. The fraction of sp³-hybridized carbons (Fsp3) is 0.161. The molecular formula is C31H31N3O4. The van der Waals surface area contributed by atoms with Crippen LogP contribution in [0.2, 0.25) is 0 Å². The molecule has 0 aliphatic rings. The highest BCUT2D eigenvalue weighted by Crippen LogP contribution is 2.42. The van der Waals surface area contributed by atoms with Gasteiger partial charge in [0.2, 0.25) is 5.91 Å². The second-order valence-electron chi connectivity index (χ2n) is 9.73. The van der Waals surface area contributed by atoms with Crippen LogP contribution >= 0.6 is 0 Å². The monoisotopic (exact) mass is 509 g/mol. The maximum absolute atomic E-state index is 13.0. The number of nitrogen functional groups attached to an aromatic ring is 1. The van der Waals surface area contributed by atoms with Crippen molar-refractivity contribution in [3.63, 3.8) is 0 Å². The molecule has 38 heavy (non-hydrogen) atoms. The number of aryl methyl sites for hydroxylation is 1. The number of carbonyl (C=O) groups is 2. The van der Waals surface area contributed by atoms with E-state index in [1.807, 2.05) is 51.1 Å². The van der Waals surface area contributed by atoms with Gasteiger partial charge in [0.15, 0.2) is 0 Å². The number of hydrogen-bond acceptors (Lipinski definition) is 5. The van der Waals surface area contributed by atoms with Crippen LogP contribution in [0.1, 0.15) is 31.1 Å². The maximum Gasteiger partial charge on any atom is 0.412 e. The summed E-state index contributed by atoms with van der Waals surface area (Å²) in [6.45, 7) is 5.71. The summed E-state index contributed by atoms with van der Waals surface area (Å²) in [4.78, 5) is 25.8. The predicted molar refractivity (Wildman–Crippen MR) is 152 cm³/mol. The summed E-state index contributed by atoms with van der Waals surface area (Å²) in [6.07, 6.45) is 1.67. The van der Waals surface area contributed by atoms with Gasteiger partial charge in [0.1, 0.15) is 11.9 Å². The van der Waals surface area contributed by atoms with Crippen molar-refractivity contribution in [3.8, 4) is 5.75 Å². The van der Waals surface area contributed by atoms with Gasteiger partial charge in [0.25, 0.3) is 0 Å². The average molecular weight is 510 g/mol. The molecule has 0 bridgehead atoms. The zero-order chi connectivity index (χ0) is 27.3. The normalized spacial score (nSPS) is 12.3. The molecule has 0 unspecified atom stereocenters. The first-order valence-electron chi connectivity index (χ1n) is 12.2. The number of nitrogens with two attached hydrogens (primary N) is 1. The number of anilines is 3. The van der Waals surface area contributed by atoms with E-state index in [-0.39, 0.29) is 11.7 Å². The van der Waals surface area contributed by atoms with Crippen LogP contribution < -0.4 is 16.4 Å². The van der Waals surface area contributed by atoms with Gasteiger partial charge in [0.05, 0.1) is 11.4 Å². The first-order chi connectivity index (χ1) is 18.1. The summed E-state index contributed by atoms with van der Waals surface area (Å²) in [5, 5.41) is 17.3. The number of fused-ring (bicyclic) bond motifs is 1. The number of carbonyl (C=O) groups excluding carboxylic acids is 2. The van der Waals surface area contributed by atoms with Crippen molar-refractivity contribution < 1.29 is 19.4 Å². The molecular weight excluding hydrogens is 478 g/mol. The molecule has 4 aromatic carbocycles. The second kappa shape index (κ2) is 11.1. The van der Waals surface area contributed by atoms with Gasteiger partial charge in [-0.15, -0.1) is 0 Å². The SMILES string of the molecule is Cc1ccc(NC(=O)O[C@@H](c2ccc(O)c3ccccc23)C(C)(C)/C=C/C(=O)Nc2ccccc2N)cc1. The van der Waals surface area contributed by atoms with Crippen LogP contribution in [-0.4, -0.2) is 17.1 Å². The zero-order valence-electron chi connectivity index (χ0n) is 21.6. The Kier molecular flexibility index (Phi) is 7.67. The highest BCUT2D eigenvalue weighted by atomic mass is 16.6. The van der Waals surface area contributed by atoms with Crippen molar-refractivity contribution in [3.05, 3.63) is 108 Å². The van der Waals surface area contributed by atoms with Crippen molar-refractivity contribution in [1.29, 1.82) is 0 Å². The molecule has 0 radical (unpaired) electrons. The molecule has 4 aromatic rings. The average Bonchev–Trinajstić information content (AvgIpc) is 2.89. The topological polar surface area (TPSA) is 114 Å². The van der Waals surface area contributed by atoms with Gasteiger partial charge in [-0.2, -0.15) is 0 Å². The van der Waals surface area contributed by atoms with Gasteiger partial charge in [0, 0.05) is 22.1 Å². The molecule has 7 nitrogen and oxygen atoms in total. The van der Waals surface area contributed by atoms with Crippen LogP contribution in [0.25, 0.3) is 10.8 Å². The molecule has 0 aromatic heterocycles. The standard InChI is InChI=1S/C31H31N3O4/c1-20-12-14-21(15-13-20)33-30(37)38-29(24-16-17-27(35)23-9-5-4-8-22(23)24)31(2,3)19-18-28(36)34-26-11-7-6-10-25(26)32/h4-19,29,35H,32H2,1-3H3,(H,33,37)(H,34,36)/b19-18+/t29-/m0/s1. The minimum atomic E-state index is -0.829. The molecule has 0 heterocycles. The first-order valence-corrected chi connectivity index (χ1v) is 12.2.